The zero-order valence-corrected chi connectivity index (χ0v) is 14.2. The molecule has 6 heteroatoms. The van der Waals surface area contributed by atoms with E-state index >= 15 is 0 Å². The van der Waals surface area contributed by atoms with Crippen molar-refractivity contribution in [1.82, 2.24) is 4.98 Å². The molecule has 1 aliphatic rings. The maximum Gasteiger partial charge on any atom is 0.228 e. The van der Waals surface area contributed by atoms with E-state index in [2.05, 4.69) is 9.98 Å². The standard InChI is InChI=1S/C18H21N3O3/c1-4-23-16-7-5-15(6-8-16)18-19-11-17(24-18)21-12-22-10-9-13(2)20-14(21)3/h5-9,11H,4,10,12H2,1-3H3/b13-9-,20-14?. The quantitative estimate of drug-likeness (QED) is 0.853. The van der Waals surface area contributed by atoms with Gasteiger partial charge in [-0.05, 0) is 51.1 Å². The average Bonchev–Trinajstić information content (AvgIpc) is 3.03. The van der Waals surface area contributed by atoms with Crippen molar-refractivity contribution < 1.29 is 13.9 Å². The molecular weight excluding hydrogens is 306 g/mol. The minimum absolute atomic E-state index is 0.372. The highest BCUT2D eigenvalue weighted by Gasteiger charge is 2.17. The fourth-order valence-electron chi connectivity index (χ4n) is 2.39. The average molecular weight is 327 g/mol. The first kappa shape index (κ1) is 16.3. The lowest BCUT2D eigenvalue weighted by Gasteiger charge is -2.22. The number of rotatable bonds is 4. The van der Waals surface area contributed by atoms with Gasteiger partial charge in [0, 0.05) is 11.3 Å². The number of nitrogens with zero attached hydrogens (tertiary/aromatic N) is 3. The van der Waals surface area contributed by atoms with Crippen LogP contribution in [0.2, 0.25) is 0 Å². The Hall–Kier alpha value is -2.60. The van der Waals surface area contributed by atoms with E-state index in [1.54, 1.807) is 6.20 Å². The van der Waals surface area contributed by atoms with Crippen molar-refractivity contribution >= 4 is 11.7 Å². The van der Waals surface area contributed by atoms with Gasteiger partial charge in [-0.25, -0.2) is 9.98 Å². The van der Waals surface area contributed by atoms with Gasteiger partial charge in [0.25, 0.3) is 0 Å². The van der Waals surface area contributed by atoms with Gasteiger partial charge in [0.15, 0.2) is 0 Å². The summed E-state index contributed by atoms with van der Waals surface area (Å²) in [7, 11) is 0. The van der Waals surface area contributed by atoms with E-state index in [4.69, 9.17) is 13.9 Å². The molecule has 0 saturated heterocycles. The van der Waals surface area contributed by atoms with E-state index in [9.17, 15) is 0 Å². The summed E-state index contributed by atoms with van der Waals surface area (Å²) in [6, 6.07) is 7.67. The molecule has 0 amide bonds. The van der Waals surface area contributed by atoms with Gasteiger partial charge in [0.2, 0.25) is 11.8 Å². The number of benzene rings is 1. The Morgan fingerprint density at radius 2 is 2.00 bits per heavy atom. The van der Waals surface area contributed by atoms with E-state index in [1.807, 2.05) is 56.0 Å². The van der Waals surface area contributed by atoms with Crippen molar-refractivity contribution in [2.75, 3.05) is 24.8 Å². The lowest BCUT2D eigenvalue weighted by atomic mass is 10.2. The zero-order chi connectivity index (χ0) is 16.9. The van der Waals surface area contributed by atoms with Gasteiger partial charge in [-0.1, -0.05) is 0 Å². The van der Waals surface area contributed by atoms with Crippen molar-refractivity contribution in [3.8, 4) is 17.2 Å². The number of hydrogen-bond donors (Lipinski definition) is 0. The van der Waals surface area contributed by atoms with Crippen molar-refractivity contribution in [2.45, 2.75) is 20.8 Å². The second-order valence-corrected chi connectivity index (χ2v) is 5.39. The molecule has 0 fully saturated rings. The number of allylic oxidation sites excluding steroid dienone is 1. The molecule has 0 atom stereocenters. The van der Waals surface area contributed by atoms with Gasteiger partial charge in [-0.2, -0.15) is 0 Å². The van der Waals surface area contributed by atoms with Crippen LogP contribution in [0.15, 0.2) is 51.6 Å². The summed E-state index contributed by atoms with van der Waals surface area (Å²) in [6.45, 7) is 7.37. The molecule has 6 nitrogen and oxygen atoms in total. The van der Waals surface area contributed by atoms with Crippen LogP contribution in [0, 0.1) is 0 Å². The van der Waals surface area contributed by atoms with Gasteiger partial charge < -0.3 is 13.9 Å². The SMILES string of the molecule is CCOc1ccc(-c2ncc(N3COC/C=C(/C)N=C3C)o2)cc1. The predicted octanol–water partition coefficient (Wildman–Crippen LogP) is 3.86. The molecule has 1 aromatic heterocycles. The smallest absolute Gasteiger partial charge is 0.228 e. The minimum Gasteiger partial charge on any atom is -0.494 e. The number of aliphatic imine (C=N–C) groups is 1. The highest BCUT2D eigenvalue weighted by Crippen LogP contribution is 2.26. The predicted molar refractivity (Wildman–Crippen MR) is 93.3 cm³/mol. The lowest BCUT2D eigenvalue weighted by molar-refractivity contribution is 0.167. The van der Waals surface area contributed by atoms with E-state index in [-0.39, 0.29) is 0 Å². The van der Waals surface area contributed by atoms with Crippen molar-refractivity contribution in [1.29, 1.82) is 0 Å². The van der Waals surface area contributed by atoms with Crippen molar-refractivity contribution in [3.05, 3.63) is 42.2 Å². The summed E-state index contributed by atoms with van der Waals surface area (Å²) in [5, 5.41) is 0. The maximum atomic E-state index is 5.90. The summed E-state index contributed by atoms with van der Waals surface area (Å²) in [5.41, 5.74) is 1.81. The van der Waals surface area contributed by atoms with E-state index in [0.29, 0.717) is 31.7 Å². The molecule has 0 bridgehead atoms. The van der Waals surface area contributed by atoms with Crippen molar-refractivity contribution in [2.24, 2.45) is 4.99 Å². The van der Waals surface area contributed by atoms with Crippen LogP contribution in [-0.2, 0) is 4.74 Å². The number of oxazole rings is 1. The molecule has 1 aliphatic heterocycles. The summed E-state index contributed by atoms with van der Waals surface area (Å²) in [5.74, 6) is 2.79. The summed E-state index contributed by atoms with van der Waals surface area (Å²) in [4.78, 5) is 10.8. The summed E-state index contributed by atoms with van der Waals surface area (Å²) in [6.07, 6.45) is 3.64. The van der Waals surface area contributed by atoms with Gasteiger partial charge in [-0.3, -0.25) is 4.90 Å². The van der Waals surface area contributed by atoms with Gasteiger partial charge in [0.05, 0.1) is 19.4 Å². The Balaban J connectivity index is 1.83. The third kappa shape index (κ3) is 3.65. The van der Waals surface area contributed by atoms with E-state index in [0.717, 1.165) is 22.8 Å². The van der Waals surface area contributed by atoms with Crippen LogP contribution in [0.4, 0.5) is 5.88 Å². The van der Waals surface area contributed by atoms with Crippen LogP contribution in [0.25, 0.3) is 11.5 Å². The first-order valence-corrected chi connectivity index (χ1v) is 7.93. The Kier molecular flexibility index (Phi) is 4.96. The number of amidine groups is 1. The van der Waals surface area contributed by atoms with Crippen LogP contribution < -0.4 is 9.64 Å². The third-order valence-corrected chi connectivity index (χ3v) is 3.62. The lowest BCUT2D eigenvalue weighted by Crippen LogP contribution is -2.32. The molecule has 0 unspecified atom stereocenters. The molecule has 0 aliphatic carbocycles. The first-order chi connectivity index (χ1) is 11.7. The molecule has 126 valence electrons. The topological polar surface area (TPSA) is 60.1 Å². The molecule has 24 heavy (non-hydrogen) atoms. The number of ether oxygens (including phenoxy) is 2. The Labute approximate surface area is 141 Å². The summed E-state index contributed by atoms with van der Waals surface area (Å²) < 4.78 is 17.0. The maximum absolute atomic E-state index is 5.90. The molecule has 1 aromatic carbocycles. The van der Waals surface area contributed by atoms with E-state index < -0.39 is 0 Å². The highest BCUT2D eigenvalue weighted by atomic mass is 16.5. The van der Waals surface area contributed by atoms with Gasteiger partial charge in [-0.15, -0.1) is 0 Å². The van der Waals surface area contributed by atoms with Crippen molar-refractivity contribution in [3.63, 3.8) is 0 Å². The van der Waals surface area contributed by atoms with E-state index in [1.165, 1.54) is 0 Å². The fourth-order valence-corrected chi connectivity index (χ4v) is 2.39. The van der Waals surface area contributed by atoms with Crippen LogP contribution in [0.3, 0.4) is 0 Å². The third-order valence-electron chi connectivity index (χ3n) is 3.62. The van der Waals surface area contributed by atoms with Gasteiger partial charge in [0.1, 0.15) is 18.3 Å². The Morgan fingerprint density at radius 3 is 2.75 bits per heavy atom. The molecule has 0 saturated carbocycles. The van der Waals surface area contributed by atoms with Crippen LogP contribution in [0.1, 0.15) is 20.8 Å². The van der Waals surface area contributed by atoms with Crippen LogP contribution >= 0.6 is 0 Å². The second-order valence-electron chi connectivity index (χ2n) is 5.39. The number of aromatic nitrogens is 1. The molecule has 2 heterocycles. The second kappa shape index (κ2) is 7.31. The summed E-state index contributed by atoms with van der Waals surface area (Å²) >= 11 is 0. The molecular formula is C18H21N3O3. The zero-order valence-electron chi connectivity index (χ0n) is 14.2. The molecule has 0 radical (unpaired) electrons. The Bertz CT molecular complexity index is 747. The molecule has 3 rings (SSSR count). The molecule has 0 spiro atoms. The number of anilines is 1. The highest BCUT2D eigenvalue weighted by molar-refractivity contribution is 5.95. The first-order valence-electron chi connectivity index (χ1n) is 7.93. The van der Waals surface area contributed by atoms with Crippen LogP contribution in [0.5, 0.6) is 5.75 Å². The number of hydrogen-bond acceptors (Lipinski definition) is 6. The monoisotopic (exact) mass is 327 g/mol. The molecule has 2 aromatic rings. The van der Waals surface area contributed by atoms with Gasteiger partial charge >= 0.3 is 0 Å². The van der Waals surface area contributed by atoms with Crippen LogP contribution in [-0.4, -0.2) is 30.8 Å². The fraction of sp³-hybridized carbons (Fsp3) is 0.333. The Morgan fingerprint density at radius 1 is 1.21 bits per heavy atom. The minimum atomic E-state index is 0.372. The molecule has 0 N–H and O–H groups in total. The largest absolute Gasteiger partial charge is 0.494 e. The normalized spacial score (nSPS) is 17.5.